The fourth-order valence-electron chi connectivity index (χ4n) is 7.05. The summed E-state index contributed by atoms with van der Waals surface area (Å²) in [5, 5.41) is 3.07. The molecule has 48 heavy (non-hydrogen) atoms. The lowest BCUT2D eigenvalue weighted by molar-refractivity contribution is -0.138. The molecule has 8 heteroatoms. The molecule has 2 heterocycles. The molecular formula is C40H26F6N2. The molecule has 0 aliphatic heterocycles. The summed E-state index contributed by atoms with van der Waals surface area (Å²) in [5.74, 6) is 0. The van der Waals surface area contributed by atoms with Gasteiger partial charge in [-0.1, -0.05) is 77.9 Å². The van der Waals surface area contributed by atoms with Gasteiger partial charge < -0.3 is 9.13 Å². The molecule has 6 aromatic carbocycles. The van der Waals surface area contributed by atoms with E-state index >= 15 is 13.2 Å². The molecule has 0 unspecified atom stereocenters. The number of alkyl halides is 6. The van der Waals surface area contributed by atoms with Crippen LogP contribution >= 0.6 is 0 Å². The first-order valence-corrected chi connectivity index (χ1v) is 15.3. The first-order valence-electron chi connectivity index (χ1n) is 15.3. The molecule has 0 N–H and O–H groups in total. The van der Waals surface area contributed by atoms with Crippen molar-refractivity contribution in [2.45, 2.75) is 26.2 Å². The van der Waals surface area contributed by atoms with Gasteiger partial charge in [-0.15, -0.1) is 0 Å². The average molecular weight is 649 g/mol. The molecule has 0 saturated heterocycles. The van der Waals surface area contributed by atoms with Crippen molar-refractivity contribution in [3.05, 3.63) is 144 Å². The summed E-state index contributed by atoms with van der Waals surface area (Å²) in [6, 6.07) is 33.0. The van der Waals surface area contributed by atoms with E-state index in [1.807, 2.05) is 68.4 Å². The van der Waals surface area contributed by atoms with Crippen molar-refractivity contribution in [3.8, 4) is 22.5 Å². The second-order valence-corrected chi connectivity index (χ2v) is 12.2. The number of fused-ring (bicyclic) bond motifs is 6. The SMILES string of the molecule is Cc1ccc2c(c1)c1ccccc1n2-c1ccc(-c2cccc(C(F)(F)F)c2)c(-n2c3ccccc3c3cc(C)ccc32)c1C(F)(F)F. The van der Waals surface area contributed by atoms with Crippen molar-refractivity contribution >= 4 is 43.6 Å². The minimum Gasteiger partial charge on any atom is -0.309 e. The van der Waals surface area contributed by atoms with E-state index in [1.165, 1.54) is 24.3 Å². The molecular weight excluding hydrogens is 622 g/mol. The summed E-state index contributed by atoms with van der Waals surface area (Å²) >= 11 is 0. The quantitative estimate of drug-likeness (QED) is 0.169. The average Bonchev–Trinajstić information content (AvgIpc) is 3.55. The zero-order valence-electron chi connectivity index (χ0n) is 25.7. The van der Waals surface area contributed by atoms with Crippen LogP contribution in [0.4, 0.5) is 26.3 Å². The maximum atomic E-state index is 16.0. The van der Waals surface area contributed by atoms with Crippen molar-refractivity contribution in [2.24, 2.45) is 0 Å². The summed E-state index contributed by atoms with van der Waals surface area (Å²) in [5.41, 5.74) is 1.85. The van der Waals surface area contributed by atoms with Gasteiger partial charge in [0.05, 0.1) is 39.0 Å². The highest BCUT2D eigenvalue weighted by Gasteiger charge is 2.40. The van der Waals surface area contributed by atoms with Crippen LogP contribution in [0.3, 0.4) is 0 Å². The van der Waals surface area contributed by atoms with Crippen LogP contribution in [0.2, 0.25) is 0 Å². The summed E-state index contributed by atoms with van der Waals surface area (Å²) in [6.07, 6.45) is -9.61. The number of halogens is 6. The monoisotopic (exact) mass is 648 g/mol. The molecule has 0 aliphatic carbocycles. The first-order chi connectivity index (χ1) is 22.9. The Morgan fingerprint density at radius 2 is 1.00 bits per heavy atom. The van der Waals surface area contributed by atoms with E-state index in [-0.39, 0.29) is 22.5 Å². The van der Waals surface area contributed by atoms with Gasteiger partial charge in [0.15, 0.2) is 0 Å². The Balaban J connectivity index is 1.60. The number of rotatable bonds is 3. The van der Waals surface area contributed by atoms with E-state index in [9.17, 15) is 13.2 Å². The van der Waals surface area contributed by atoms with Gasteiger partial charge in [0.1, 0.15) is 5.56 Å². The maximum Gasteiger partial charge on any atom is 0.420 e. The standard InChI is InChI=1S/C40H26F6N2/c1-23-14-17-34-30(20-23)28-10-3-5-12-32(28)47(34)36-19-16-27(25-8-7-9-26(22-25)39(41,42)43)38(37(36)40(44,45)46)48-33-13-6-4-11-29(33)31-21-24(2)15-18-35(31)48/h3-22H,1-2H3. The number of hydrogen-bond acceptors (Lipinski definition) is 0. The highest BCUT2D eigenvalue weighted by atomic mass is 19.4. The minimum absolute atomic E-state index is 0.0211. The topological polar surface area (TPSA) is 9.86 Å². The smallest absolute Gasteiger partial charge is 0.309 e. The highest BCUT2D eigenvalue weighted by molar-refractivity contribution is 6.11. The first kappa shape index (κ1) is 29.9. The Morgan fingerprint density at radius 1 is 0.458 bits per heavy atom. The molecule has 8 rings (SSSR count). The number of nitrogens with zero attached hydrogens (tertiary/aromatic N) is 2. The van der Waals surface area contributed by atoms with Gasteiger partial charge >= 0.3 is 12.4 Å². The van der Waals surface area contributed by atoms with Crippen LogP contribution in [0.5, 0.6) is 0 Å². The maximum absolute atomic E-state index is 16.0. The number of para-hydroxylation sites is 2. The normalized spacial score (nSPS) is 12.6. The molecule has 0 bridgehead atoms. The van der Waals surface area contributed by atoms with Gasteiger partial charge in [-0.05, 0) is 74.0 Å². The molecule has 0 fully saturated rings. The van der Waals surface area contributed by atoms with E-state index in [4.69, 9.17) is 0 Å². The van der Waals surface area contributed by atoms with E-state index in [1.54, 1.807) is 39.5 Å². The Kier molecular flexibility index (Phi) is 6.54. The molecule has 2 nitrogen and oxygen atoms in total. The molecule has 0 amide bonds. The molecule has 0 radical (unpaired) electrons. The van der Waals surface area contributed by atoms with Gasteiger partial charge in [-0.2, -0.15) is 26.3 Å². The van der Waals surface area contributed by atoms with Crippen LogP contribution < -0.4 is 0 Å². The van der Waals surface area contributed by atoms with Gasteiger partial charge in [0, 0.05) is 27.1 Å². The van der Waals surface area contributed by atoms with Crippen molar-refractivity contribution in [3.63, 3.8) is 0 Å². The molecule has 0 saturated carbocycles. The Labute approximate surface area is 271 Å². The van der Waals surface area contributed by atoms with Crippen LogP contribution in [0, 0.1) is 13.8 Å². The molecule has 0 aliphatic rings. The Morgan fingerprint density at radius 3 is 1.58 bits per heavy atom. The fraction of sp³-hybridized carbons (Fsp3) is 0.100. The third-order valence-corrected chi connectivity index (χ3v) is 9.06. The van der Waals surface area contributed by atoms with Crippen molar-refractivity contribution in [1.82, 2.24) is 9.13 Å². The summed E-state index contributed by atoms with van der Waals surface area (Å²) in [6.45, 7) is 3.84. The third-order valence-electron chi connectivity index (χ3n) is 9.06. The minimum atomic E-state index is -4.92. The molecule has 2 aromatic heterocycles. The Bertz CT molecular complexity index is 2560. The summed E-state index contributed by atoms with van der Waals surface area (Å²) in [7, 11) is 0. The molecule has 0 atom stereocenters. The highest BCUT2D eigenvalue weighted by Crippen LogP contribution is 2.48. The predicted molar refractivity (Wildman–Crippen MR) is 180 cm³/mol. The van der Waals surface area contributed by atoms with Crippen LogP contribution in [-0.2, 0) is 12.4 Å². The lowest BCUT2D eigenvalue weighted by atomic mass is 9.95. The van der Waals surface area contributed by atoms with Gasteiger partial charge in [-0.3, -0.25) is 0 Å². The van der Waals surface area contributed by atoms with E-state index in [2.05, 4.69) is 0 Å². The number of benzene rings is 6. The zero-order valence-corrected chi connectivity index (χ0v) is 25.7. The molecule has 8 aromatic rings. The number of aryl methyl sites for hydroxylation is 2. The van der Waals surface area contributed by atoms with Crippen molar-refractivity contribution < 1.29 is 26.3 Å². The number of hydrogen-bond donors (Lipinski definition) is 0. The lowest BCUT2D eigenvalue weighted by Crippen LogP contribution is -2.17. The largest absolute Gasteiger partial charge is 0.420 e. The molecule has 238 valence electrons. The van der Waals surface area contributed by atoms with Crippen LogP contribution in [0.25, 0.3) is 66.1 Å². The fourth-order valence-corrected chi connectivity index (χ4v) is 7.05. The lowest BCUT2D eigenvalue weighted by Gasteiger charge is -2.24. The second-order valence-electron chi connectivity index (χ2n) is 12.2. The Hall–Kier alpha value is -5.50. The second kappa shape index (κ2) is 10.5. The zero-order chi connectivity index (χ0) is 33.5. The van der Waals surface area contributed by atoms with E-state index in [0.29, 0.717) is 22.1 Å². The third kappa shape index (κ3) is 4.58. The van der Waals surface area contributed by atoms with E-state index < -0.39 is 23.5 Å². The van der Waals surface area contributed by atoms with Crippen LogP contribution in [0.1, 0.15) is 22.3 Å². The number of aromatic nitrogens is 2. The van der Waals surface area contributed by atoms with Crippen LogP contribution in [-0.4, -0.2) is 9.13 Å². The summed E-state index contributed by atoms with van der Waals surface area (Å²) < 4.78 is 93.0. The summed E-state index contributed by atoms with van der Waals surface area (Å²) in [4.78, 5) is 0. The van der Waals surface area contributed by atoms with Crippen molar-refractivity contribution in [1.29, 1.82) is 0 Å². The van der Waals surface area contributed by atoms with Crippen LogP contribution in [0.15, 0.2) is 121 Å². The van der Waals surface area contributed by atoms with E-state index in [0.717, 1.165) is 44.8 Å². The van der Waals surface area contributed by atoms with Gasteiger partial charge in [0.2, 0.25) is 0 Å². The van der Waals surface area contributed by atoms with Gasteiger partial charge in [0.25, 0.3) is 0 Å². The van der Waals surface area contributed by atoms with Gasteiger partial charge in [-0.25, -0.2) is 0 Å². The van der Waals surface area contributed by atoms with Crippen molar-refractivity contribution in [2.75, 3.05) is 0 Å². The predicted octanol–water partition coefficient (Wildman–Crippen LogP) is 12.2. The molecule has 0 spiro atoms.